The smallest absolute Gasteiger partial charge is 0.150 e. The van der Waals surface area contributed by atoms with Crippen molar-refractivity contribution in [3.63, 3.8) is 0 Å². The van der Waals surface area contributed by atoms with Crippen LogP contribution in [-0.2, 0) is 0 Å². The third-order valence-corrected chi connectivity index (χ3v) is 2.78. The summed E-state index contributed by atoms with van der Waals surface area (Å²) in [5.41, 5.74) is 3.36. The first kappa shape index (κ1) is 10.00. The molecule has 2 nitrogen and oxygen atoms in total. The number of hydrogen-bond acceptors (Lipinski definition) is 1. The Kier molecular flexibility index (Phi) is 2.56. The lowest BCUT2D eigenvalue weighted by Crippen LogP contribution is -2.96. The van der Waals surface area contributed by atoms with Crippen LogP contribution in [0.25, 0.3) is 0 Å². The summed E-state index contributed by atoms with van der Waals surface area (Å²) in [6.07, 6.45) is 4.13. The van der Waals surface area contributed by atoms with Gasteiger partial charge < -0.3 is 0 Å². The zero-order valence-electron chi connectivity index (χ0n) is 9.38. The van der Waals surface area contributed by atoms with Crippen LogP contribution in [0.4, 0.5) is 5.69 Å². The Morgan fingerprint density at radius 1 is 0.765 bits per heavy atom. The number of quaternary nitrogens is 1. The quantitative estimate of drug-likeness (QED) is 0.800. The first-order valence-corrected chi connectivity index (χ1v) is 5.68. The molecule has 0 aromatic heterocycles. The fraction of sp³-hybridized carbons (Fsp3) is 0. The molecule has 2 heteroatoms. The molecule has 1 aliphatic heterocycles. The molecule has 0 aliphatic carbocycles. The van der Waals surface area contributed by atoms with Gasteiger partial charge in [-0.3, -0.25) is 0 Å². The molecule has 1 heterocycles. The van der Waals surface area contributed by atoms with E-state index in [1.807, 2.05) is 36.4 Å². The summed E-state index contributed by atoms with van der Waals surface area (Å²) in [4.78, 5) is 0. The maximum absolute atomic E-state index is 4.65. The lowest BCUT2D eigenvalue weighted by molar-refractivity contribution is -0.779. The summed E-state index contributed by atoms with van der Waals surface area (Å²) in [6.45, 7) is 0. The van der Waals surface area contributed by atoms with Crippen molar-refractivity contribution in [2.24, 2.45) is 5.10 Å². The number of benzene rings is 2. The molecule has 1 aliphatic rings. The van der Waals surface area contributed by atoms with Crippen LogP contribution in [0.3, 0.4) is 0 Å². The second-order valence-electron chi connectivity index (χ2n) is 3.95. The van der Waals surface area contributed by atoms with Crippen molar-refractivity contribution in [1.82, 2.24) is 0 Å². The minimum atomic E-state index is 1.03. The number of rotatable bonds is 2. The van der Waals surface area contributed by atoms with E-state index >= 15 is 0 Å². The van der Waals surface area contributed by atoms with Crippen LogP contribution in [0.2, 0.25) is 0 Å². The van der Waals surface area contributed by atoms with Crippen LogP contribution in [0, 0.1) is 0 Å². The molecule has 0 amide bonds. The monoisotopic (exact) mass is 221 g/mol. The molecule has 82 valence electrons. The molecule has 0 spiro atoms. The summed E-state index contributed by atoms with van der Waals surface area (Å²) in [5.74, 6) is 0. The molecule has 1 atom stereocenters. The Morgan fingerprint density at radius 2 is 1.41 bits per heavy atom. The van der Waals surface area contributed by atoms with Crippen LogP contribution in [0.5, 0.6) is 0 Å². The topological polar surface area (TPSA) is 16.8 Å². The lowest BCUT2D eigenvalue weighted by Gasteiger charge is -2.02. The first-order valence-electron chi connectivity index (χ1n) is 5.68. The van der Waals surface area contributed by atoms with Crippen molar-refractivity contribution < 1.29 is 5.01 Å². The van der Waals surface area contributed by atoms with E-state index in [1.54, 1.807) is 0 Å². The van der Waals surface area contributed by atoms with Crippen molar-refractivity contribution in [2.75, 3.05) is 0 Å². The summed E-state index contributed by atoms with van der Waals surface area (Å²) >= 11 is 0. The van der Waals surface area contributed by atoms with Crippen LogP contribution in [0.15, 0.2) is 78.0 Å². The fourth-order valence-electron chi connectivity index (χ4n) is 1.90. The van der Waals surface area contributed by atoms with Crippen LogP contribution >= 0.6 is 0 Å². The van der Waals surface area contributed by atoms with E-state index in [0.717, 1.165) is 22.0 Å². The van der Waals surface area contributed by atoms with E-state index in [2.05, 4.69) is 41.6 Å². The molecule has 0 saturated carbocycles. The largest absolute Gasteiger partial charge is 0.162 e. The maximum atomic E-state index is 4.65. The van der Waals surface area contributed by atoms with Crippen molar-refractivity contribution in [1.29, 1.82) is 0 Å². The van der Waals surface area contributed by atoms with E-state index in [-0.39, 0.29) is 0 Å². The van der Waals surface area contributed by atoms with Gasteiger partial charge in [-0.2, -0.15) is 5.01 Å². The van der Waals surface area contributed by atoms with E-state index in [9.17, 15) is 0 Å². The van der Waals surface area contributed by atoms with E-state index < -0.39 is 0 Å². The van der Waals surface area contributed by atoms with E-state index in [1.165, 1.54) is 0 Å². The predicted octanol–water partition coefficient (Wildman–Crippen LogP) is 2.13. The fourth-order valence-corrected chi connectivity index (χ4v) is 1.90. The molecule has 1 N–H and O–H groups in total. The molecule has 0 fully saturated rings. The van der Waals surface area contributed by atoms with Gasteiger partial charge in [0, 0.05) is 23.8 Å². The van der Waals surface area contributed by atoms with Gasteiger partial charge in [0.2, 0.25) is 0 Å². The molecule has 0 bridgehead atoms. The van der Waals surface area contributed by atoms with Crippen molar-refractivity contribution in [3.05, 3.63) is 78.5 Å². The van der Waals surface area contributed by atoms with Gasteiger partial charge in [-0.25, -0.2) is 0 Å². The second kappa shape index (κ2) is 4.36. The van der Waals surface area contributed by atoms with Gasteiger partial charge in [0.05, 0.1) is 0 Å². The average Bonchev–Trinajstić information content (AvgIpc) is 2.90. The number of para-hydroxylation sites is 1. The Morgan fingerprint density at radius 3 is 2.12 bits per heavy atom. The van der Waals surface area contributed by atoms with Gasteiger partial charge in [-0.15, -0.1) is 0 Å². The van der Waals surface area contributed by atoms with E-state index in [4.69, 9.17) is 0 Å². The normalized spacial score (nSPS) is 18.1. The van der Waals surface area contributed by atoms with Gasteiger partial charge >= 0.3 is 0 Å². The Balaban J connectivity index is 1.91. The highest BCUT2D eigenvalue weighted by atomic mass is 15.5. The minimum absolute atomic E-state index is 1.03. The third kappa shape index (κ3) is 2.03. The number of hydrogen-bond donors (Lipinski definition) is 1. The zero-order chi connectivity index (χ0) is 11.5. The minimum Gasteiger partial charge on any atom is -0.150 e. The number of nitrogens with zero attached hydrogens (tertiary/aromatic N) is 1. The molecular formula is C15H13N2+. The molecule has 3 rings (SSSR count). The molecular weight excluding hydrogens is 208 g/mol. The molecule has 17 heavy (non-hydrogen) atoms. The second-order valence-corrected chi connectivity index (χ2v) is 3.95. The highest BCUT2D eigenvalue weighted by molar-refractivity contribution is 6.08. The third-order valence-electron chi connectivity index (χ3n) is 2.78. The van der Waals surface area contributed by atoms with Crippen molar-refractivity contribution in [3.8, 4) is 0 Å². The van der Waals surface area contributed by atoms with Gasteiger partial charge in [0.1, 0.15) is 11.9 Å². The molecule has 1 unspecified atom stereocenters. The van der Waals surface area contributed by atoms with Gasteiger partial charge in [-0.1, -0.05) is 53.6 Å². The van der Waals surface area contributed by atoms with Gasteiger partial charge in [-0.05, 0) is 0 Å². The zero-order valence-corrected chi connectivity index (χ0v) is 9.38. The van der Waals surface area contributed by atoms with Crippen LogP contribution < -0.4 is 5.01 Å². The van der Waals surface area contributed by atoms with Crippen LogP contribution in [-0.4, -0.2) is 5.71 Å². The van der Waals surface area contributed by atoms with Gasteiger partial charge in [0.15, 0.2) is 5.69 Å². The van der Waals surface area contributed by atoms with E-state index in [0.29, 0.717) is 0 Å². The standard InChI is InChI=1S/C15H12N2/c1-3-7-13(8-4-1)15-11-12-17(16-15)14-9-5-2-6-10-14/h1-12H/p+1. The summed E-state index contributed by atoms with van der Waals surface area (Å²) in [7, 11) is 0. The van der Waals surface area contributed by atoms with Crippen LogP contribution in [0.1, 0.15) is 5.56 Å². The van der Waals surface area contributed by atoms with Crippen molar-refractivity contribution in [2.45, 2.75) is 0 Å². The van der Waals surface area contributed by atoms with Crippen molar-refractivity contribution >= 4 is 11.4 Å². The Hall–Kier alpha value is -2.19. The summed E-state index contributed by atoms with van der Waals surface area (Å²) < 4.78 is 0. The number of allylic oxidation sites excluding steroid dienone is 1. The average molecular weight is 221 g/mol. The molecule has 0 radical (unpaired) electrons. The Bertz CT molecular complexity index is 556. The number of nitrogens with one attached hydrogen (secondary N) is 1. The predicted molar refractivity (Wildman–Crippen MR) is 69.2 cm³/mol. The molecule has 2 aromatic carbocycles. The lowest BCUT2D eigenvalue weighted by atomic mass is 10.1. The SMILES string of the molecule is C1=C[NH+](c2ccccc2)N=C1c1ccccc1. The maximum Gasteiger partial charge on any atom is 0.162 e. The summed E-state index contributed by atoms with van der Waals surface area (Å²) in [6, 6.07) is 20.5. The highest BCUT2D eigenvalue weighted by Gasteiger charge is 2.16. The first-order chi connectivity index (χ1) is 8.43. The molecule has 2 aromatic rings. The Labute approximate surface area is 101 Å². The highest BCUT2D eigenvalue weighted by Crippen LogP contribution is 2.06. The van der Waals surface area contributed by atoms with Gasteiger partial charge in [0.25, 0.3) is 0 Å². The molecule has 0 saturated heterocycles. The summed E-state index contributed by atoms with van der Waals surface area (Å²) in [5, 5.41) is 5.68.